The zero-order valence-electron chi connectivity index (χ0n) is 17.9. The normalized spacial score (nSPS) is 18.2. The van der Waals surface area contributed by atoms with Crippen molar-refractivity contribution in [2.45, 2.75) is 37.1 Å². The number of anilines is 1. The van der Waals surface area contributed by atoms with Gasteiger partial charge in [-0.25, -0.2) is 16.8 Å². The van der Waals surface area contributed by atoms with Crippen LogP contribution in [0.25, 0.3) is 10.2 Å². The van der Waals surface area contributed by atoms with Crippen molar-refractivity contribution in [3.8, 4) is 5.75 Å². The number of hydrogen-bond acceptors (Lipinski definition) is 9. The Kier molecular flexibility index (Phi) is 5.63. The number of methoxy groups -OCH3 is 1. The maximum atomic E-state index is 12.9. The van der Waals surface area contributed by atoms with Gasteiger partial charge in [-0.05, 0) is 50.6 Å². The highest BCUT2D eigenvalue weighted by Gasteiger charge is 2.47. The third-order valence-corrected chi connectivity index (χ3v) is 10.6. The molecule has 1 aromatic heterocycles. The highest BCUT2D eigenvalue weighted by molar-refractivity contribution is 8.33. The maximum absolute atomic E-state index is 12.9. The molecule has 3 aromatic rings. The van der Waals surface area contributed by atoms with E-state index in [-0.39, 0.29) is 9.79 Å². The minimum Gasteiger partial charge on any atom is -0.493 e. The minimum absolute atomic E-state index is 0.256. The summed E-state index contributed by atoms with van der Waals surface area (Å²) >= 11 is 1.43. The topological polar surface area (TPSA) is 119 Å². The molecule has 0 saturated heterocycles. The van der Waals surface area contributed by atoms with Gasteiger partial charge in [0.1, 0.15) is 0 Å². The van der Waals surface area contributed by atoms with E-state index >= 15 is 0 Å². The SMILES string of the molecule is CCN=c1sc2c(OC)c(NN=C3S(=O)(=O)c4ccc(C)cc4S3(=O)=O)ccc2n1CC. The first-order valence-electron chi connectivity index (χ1n) is 9.82. The Morgan fingerprint density at radius 3 is 2.44 bits per heavy atom. The maximum Gasteiger partial charge on any atom is 0.276 e. The molecule has 1 aliphatic rings. The van der Waals surface area contributed by atoms with Crippen molar-refractivity contribution in [1.82, 2.24) is 4.57 Å². The molecule has 9 nitrogen and oxygen atoms in total. The highest BCUT2D eigenvalue weighted by Crippen LogP contribution is 2.38. The molecule has 0 fully saturated rings. The van der Waals surface area contributed by atoms with E-state index in [0.29, 0.717) is 30.1 Å². The van der Waals surface area contributed by atoms with Gasteiger partial charge in [-0.15, -0.1) is 5.10 Å². The van der Waals surface area contributed by atoms with Crippen LogP contribution in [0.2, 0.25) is 0 Å². The number of thiazole rings is 1. The van der Waals surface area contributed by atoms with Crippen LogP contribution in [0, 0.1) is 6.92 Å². The molecule has 1 N–H and O–H groups in total. The van der Waals surface area contributed by atoms with Crippen LogP contribution in [0.5, 0.6) is 5.75 Å². The van der Waals surface area contributed by atoms with Crippen LogP contribution in [0.15, 0.2) is 50.2 Å². The Hall–Kier alpha value is -2.70. The zero-order valence-corrected chi connectivity index (χ0v) is 20.4. The number of rotatable bonds is 5. The minimum atomic E-state index is -4.28. The number of ether oxygens (including phenoxy) is 1. The van der Waals surface area contributed by atoms with Gasteiger partial charge in [0.15, 0.2) is 10.6 Å². The second-order valence-corrected chi connectivity index (χ2v) is 11.9. The fourth-order valence-electron chi connectivity index (χ4n) is 3.57. The molecule has 0 unspecified atom stereocenters. The average Bonchev–Trinajstić information content (AvgIpc) is 3.16. The van der Waals surface area contributed by atoms with Crippen molar-refractivity contribution in [3.05, 3.63) is 40.7 Å². The molecule has 32 heavy (non-hydrogen) atoms. The van der Waals surface area contributed by atoms with Crippen molar-refractivity contribution in [3.63, 3.8) is 0 Å². The van der Waals surface area contributed by atoms with Gasteiger partial charge < -0.3 is 9.30 Å². The third kappa shape index (κ3) is 3.33. The number of nitrogens with one attached hydrogen (secondary N) is 1. The fourth-order valence-corrected chi connectivity index (χ4v) is 9.16. The standard InChI is InChI=1S/C20H22N4O5S3/c1-5-21-19-24(6-2)14-9-8-13(17(29-4)18(14)30-19)22-23-20-31(25,26)15-10-7-12(3)11-16(15)32(20,27)28/h7-11,22H,5-6H2,1-4H3. The molecule has 1 aliphatic heterocycles. The van der Waals surface area contributed by atoms with Gasteiger partial charge >= 0.3 is 0 Å². The van der Waals surface area contributed by atoms with E-state index in [2.05, 4.69) is 15.5 Å². The molecular weight excluding hydrogens is 472 g/mol. The van der Waals surface area contributed by atoms with Gasteiger partial charge in [0.05, 0.1) is 32.8 Å². The molecule has 0 bridgehead atoms. The lowest BCUT2D eigenvalue weighted by Crippen LogP contribution is -2.18. The van der Waals surface area contributed by atoms with E-state index in [1.54, 1.807) is 19.1 Å². The van der Waals surface area contributed by atoms with Crippen LogP contribution in [-0.2, 0) is 26.2 Å². The summed E-state index contributed by atoms with van der Waals surface area (Å²) in [4.78, 5) is 4.83. The lowest BCUT2D eigenvalue weighted by atomic mass is 10.2. The van der Waals surface area contributed by atoms with Crippen LogP contribution in [-0.4, -0.2) is 39.4 Å². The number of fused-ring (bicyclic) bond motifs is 2. The Bertz CT molecular complexity index is 1550. The Balaban J connectivity index is 1.85. The molecule has 0 amide bonds. The lowest BCUT2D eigenvalue weighted by Gasteiger charge is -2.10. The zero-order chi connectivity index (χ0) is 23.3. The molecule has 0 saturated carbocycles. The summed E-state index contributed by atoms with van der Waals surface area (Å²) in [6.45, 7) is 7.00. The summed E-state index contributed by atoms with van der Waals surface area (Å²) in [5.41, 5.74) is 4.50. The average molecular weight is 495 g/mol. The Morgan fingerprint density at radius 1 is 1.06 bits per heavy atom. The molecule has 2 heterocycles. The highest BCUT2D eigenvalue weighted by atomic mass is 32.3. The van der Waals surface area contributed by atoms with Crippen LogP contribution in [0.3, 0.4) is 0 Å². The molecule has 0 radical (unpaired) electrons. The van der Waals surface area contributed by atoms with Crippen LogP contribution in [0.4, 0.5) is 5.69 Å². The van der Waals surface area contributed by atoms with Crippen molar-refractivity contribution in [2.24, 2.45) is 10.1 Å². The predicted octanol–water partition coefficient (Wildman–Crippen LogP) is 2.90. The van der Waals surface area contributed by atoms with Gasteiger partial charge in [0, 0.05) is 13.1 Å². The van der Waals surface area contributed by atoms with E-state index in [9.17, 15) is 16.8 Å². The summed E-state index contributed by atoms with van der Waals surface area (Å²) in [5.74, 6) is 0.428. The first-order valence-corrected chi connectivity index (χ1v) is 13.6. The number of hydrazone groups is 1. The lowest BCUT2D eigenvalue weighted by molar-refractivity contribution is 0.422. The second-order valence-electron chi connectivity index (χ2n) is 7.04. The van der Waals surface area contributed by atoms with Gasteiger partial charge in [0.2, 0.25) is 19.7 Å². The van der Waals surface area contributed by atoms with Gasteiger partial charge in [0.25, 0.3) is 4.38 Å². The smallest absolute Gasteiger partial charge is 0.276 e. The van der Waals surface area contributed by atoms with Crippen LogP contribution >= 0.6 is 11.3 Å². The first-order chi connectivity index (χ1) is 15.2. The molecule has 170 valence electrons. The van der Waals surface area contributed by atoms with E-state index in [1.165, 1.54) is 30.6 Å². The van der Waals surface area contributed by atoms with E-state index in [1.807, 2.05) is 24.5 Å². The number of sulfone groups is 2. The van der Waals surface area contributed by atoms with E-state index in [4.69, 9.17) is 4.74 Å². The van der Waals surface area contributed by atoms with Crippen LogP contribution < -0.4 is 15.0 Å². The number of aryl methyl sites for hydroxylation is 2. The monoisotopic (exact) mass is 494 g/mol. The molecular formula is C20H22N4O5S3. The van der Waals surface area contributed by atoms with Crippen LogP contribution in [0.1, 0.15) is 19.4 Å². The Labute approximate surface area is 189 Å². The molecule has 12 heteroatoms. The molecule has 4 rings (SSSR count). The van der Waals surface area contributed by atoms with Crippen molar-refractivity contribution in [2.75, 3.05) is 19.1 Å². The number of benzene rings is 2. The summed E-state index contributed by atoms with van der Waals surface area (Å²) < 4.78 is 59.0. The summed E-state index contributed by atoms with van der Waals surface area (Å²) in [6.07, 6.45) is 0. The van der Waals surface area contributed by atoms with Gasteiger partial charge in [-0.3, -0.25) is 10.4 Å². The van der Waals surface area contributed by atoms with Gasteiger partial charge in [-0.2, -0.15) is 0 Å². The molecule has 2 aromatic carbocycles. The predicted molar refractivity (Wildman–Crippen MR) is 125 cm³/mol. The summed E-state index contributed by atoms with van der Waals surface area (Å²) in [7, 11) is -7.07. The summed E-state index contributed by atoms with van der Waals surface area (Å²) in [5, 5.41) is 3.83. The number of nitrogens with zero attached hydrogens (tertiary/aromatic N) is 3. The third-order valence-electron chi connectivity index (χ3n) is 5.03. The largest absolute Gasteiger partial charge is 0.493 e. The quantitative estimate of drug-likeness (QED) is 0.545. The number of aromatic nitrogens is 1. The van der Waals surface area contributed by atoms with E-state index in [0.717, 1.165) is 15.0 Å². The Morgan fingerprint density at radius 2 is 1.78 bits per heavy atom. The fraction of sp³-hybridized carbons (Fsp3) is 0.300. The van der Waals surface area contributed by atoms with Crippen molar-refractivity contribution >= 4 is 51.3 Å². The molecule has 0 atom stereocenters. The van der Waals surface area contributed by atoms with E-state index < -0.39 is 24.1 Å². The van der Waals surface area contributed by atoms with Crippen molar-refractivity contribution in [1.29, 1.82) is 0 Å². The summed E-state index contributed by atoms with van der Waals surface area (Å²) in [6, 6.07) is 7.69. The molecule has 0 spiro atoms. The second kappa shape index (κ2) is 8.01. The first kappa shape index (κ1) is 22.5. The molecule has 0 aliphatic carbocycles. The van der Waals surface area contributed by atoms with Gasteiger partial charge in [-0.1, -0.05) is 17.4 Å². The number of hydrogen-bond donors (Lipinski definition) is 1. The van der Waals surface area contributed by atoms with Crippen molar-refractivity contribution < 1.29 is 21.6 Å².